The summed E-state index contributed by atoms with van der Waals surface area (Å²) in [7, 11) is 0. The Kier molecular flexibility index (Phi) is 4.85. The Labute approximate surface area is 166 Å². The molecule has 3 aromatic rings. The number of hydrogen-bond acceptors (Lipinski definition) is 4. The van der Waals surface area contributed by atoms with E-state index in [4.69, 9.17) is 0 Å². The van der Waals surface area contributed by atoms with Gasteiger partial charge in [0.1, 0.15) is 5.75 Å². The first kappa shape index (κ1) is 19.5. The lowest BCUT2D eigenvalue weighted by Gasteiger charge is -2.26. The molecule has 0 radical (unpaired) electrons. The zero-order chi connectivity index (χ0) is 20.0. The predicted molar refractivity (Wildman–Crippen MR) is 113 cm³/mol. The van der Waals surface area contributed by atoms with Crippen LogP contribution < -0.4 is 0 Å². The first-order valence-corrected chi connectivity index (χ1v) is 9.52. The average Bonchev–Trinajstić information content (AvgIpc) is 2.94. The van der Waals surface area contributed by atoms with Gasteiger partial charge in [-0.25, -0.2) is 0 Å². The molecule has 1 aromatic heterocycles. The minimum Gasteiger partial charge on any atom is -0.507 e. The summed E-state index contributed by atoms with van der Waals surface area (Å²) in [6, 6.07) is 13.7. The van der Waals surface area contributed by atoms with Gasteiger partial charge in [-0.2, -0.15) is 0 Å². The molecule has 0 saturated heterocycles. The summed E-state index contributed by atoms with van der Waals surface area (Å²) in [4.78, 5) is 0. The highest BCUT2D eigenvalue weighted by Gasteiger charge is 2.23. The number of thiol groups is 1. The molecule has 4 nitrogen and oxygen atoms in total. The van der Waals surface area contributed by atoms with Gasteiger partial charge >= 0.3 is 0 Å². The first-order valence-electron chi connectivity index (χ1n) is 9.07. The zero-order valence-electron chi connectivity index (χ0n) is 16.8. The molecule has 5 heteroatoms. The lowest BCUT2D eigenvalue weighted by atomic mass is 9.80. The van der Waals surface area contributed by atoms with Crippen LogP contribution in [0.15, 0.2) is 47.6 Å². The van der Waals surface area contributed by atoms with Gasteiger partial charge < -0.3 is 5.11 Å². The molecule has 0 aliphatic rings. The summed E-state index contributed by atoms with van der Waals surface area (Å²) in [5, 5.41) is 19.2. The van der Waals surface area contributed by atoms with E-state index in [1.165, 1.54) is 11.1 Å². The third-order valence-electron chi connectivity index (χ3n) is 4.70. The van der Waals surface area contributed by atoms with Crippen molar-refractivity contribution in [2.45, 2.75) is 57.5 Å². The summed E-state index contributed by atoms with van der Waals surface area (Å²) >= 11 is 4.54. The van der Waals surface area contributed by atoms with E-state index in [0.717, 1.165) is 5.69 Å². The average molecular weight is 382 g/mol. The van der Waals surface area contributed by atoms with Crippen LogP contribution in [0.2, 0.25) is 0 Å². The minimum absolute atomic E-state index is 0.00414. The monoisotopic (exact) mass is 381 g/mol. The van der Waals surface area contributed by atoms with Gasteiger partial charge in [-0.15, -0.1) is 22.8 Å². The summed E-state index contributed by atoms with van der Waals surface area (Å²) in [5.41, 5.74) is 4.03. The van der Waals surface area contributed by atoms with Crippen LogP contribution in [0.25, 0.3) is 17.1 Å². The Morgan fingerprint density at radius 1 is 0.852 bits per heavy atom. The standard InChI is InChI=1S/C22H27N3OS/c1-21(2,3)14-11-15(22(4,5)6)13-16(12-14)25-19(23-24-20(25)27)17-9-7-8-10-18(17)26/h7-13,26H,1-6H3,(H,24,27). The van der Waals surface area contributed by atoms with Crippen molar-refractivity contribution in [1.82, 2.24) is 14.8 Å². The molecular weight excluding hydrogens is 354 g/mol. The Balaban J connectivity index is 2.29. The van der Waals surface area contributed by atoms with Crippen molar-refractivity contribution in [2.75, 3.05) is 0 Å². The van der Waals surface area contributed by atoms with Gasteiger partial charge in [0.15, 0.2) is 11.0 Å². The molecule has 0 spiro atoms. The second kappa shape index (κ2) is 6.71. The van der Waals surface area contributed by atoms with E-state index in [1.807, 2.05) is 16.7 Å². The Hall–Kier alpha value is -2.27. The summed E-state index contributed by atoms with van der Waals surface area (Å²) < 4.78 is 1.89. The van der Waals surface area contributed by atoms with Crippen LogP contribution in [0.3, 0.4) is 0 Å². The Bertz CT molecular complexity index is 946. The van der Waals surface area contributed by atoms with Crippen molar-refractivity contribution in [2.24, 2.45) is 0 Å². The van der Waals surface area contributed by atoms with Gasteiger partial charge in [-0.1, -0.05) is 59.7 Å². The highest BCUT2D eigenvalue weighted by atomic mass is 32.1. The normalized spacial score (nSPS) is 12.4. The number of rotatable bonds is 2. The van der Waals surface area contributed by atoms with E-state index >= 15 is 0 Å². The highest BCUT2D eigenvalue weighted by molar-refractivity contribution is 7.80. The summed E-state index contributed by atoms with van der Waals surface area (Å²) in [5.74, 6) is 0.742. The maximum Gasteiger partial charge on any atom is 0.193 e. The molecule has 2 aromatic carbocycles. The molecule has 0 fully saturated rings. The summed E-state index contributed by atoms with van der Waals surface area (Å²) in [6.07, 6.45) is 0. The van der Waals surface area contributed by atoms with Crippen molar-refractivity contribution in [3.8, 4) is 22.8 Å². The smallest absolute Gasteiger partial charge is 0.193 e. The van der Waals surface area contributed by atoms with E-state index in [9.17, 15) is 5.11 Å². The number of phenols is 1. The lowest BCUT2D eigenvalue weighted by molar-refractivity contribution is 0.476. The van der Waals surface area contributed by atoms with Gasteiger partial charge in [0, 0.05) is 0 Å². The molecule has 0 aliphatic heterocycles. The number of nitrogens with zero attached hydrogens (tertiary/aromatic N) is 3. The fraction of sp³-hybridized carbons (Fsp3) is 0.364. The third-order valence-corrected chi connectivity index (χ3v) is 4.99. The minimum atomic E-state index is -0.00414. The summed E-state index contributed by atoms with van der Waals surface area (Å²) in [6.45, 7) is 13.2. The topological polar surface area (TPSA) is 50.9 Å². The van der Waals surface area contributed by atoms with Gasteiger partial charge in [-0.05, 0) is 46.2 Å². The number of phenolic OH excluding ortho intramolecular Hbond substituents is 1. The molecule has 0 aliphatic carbocycles. The number of benzene rings is 2. The molecule has 0 amide bonds. The van der Waals surface area contributed by atoms with Crippen LogP contribution in [-0.4, -0.2) is 19.9 Å². The van der Waals surface area contributed by atoms with Crippen molar-refractivity contribution >= 4 is 12.6 Å². The van der Waals surface area contributed by atoms with Crippen molar-refractivity contribution < 1.29 is 5.11 Å². The fourth-order valence-electron chi connectivity index (χ4n) is 2.96. The number of para-hydroxylation sites is 1. The van der Waals surface area contributed by atoms with Crippen LogP contribution >= 0.6 is 12.6 Å². The van der Waals surface area contributed by atoms with Crippen LogP contribution in [0.5, 0.6) is 5.75 Å². The third kappa shape index (κ3) is 3.88. The number of aromatic nitrogens is 3. The van der Waals surface area contributed by atoms with E-state index in [1.54, 1.807) is 12.1 Å². The Morgan fingerprint density at radius 2 is 1.41 bits per heavy atom. The van der Waals surface area contributed by atoms with Crippen molar-refractivity contribution in [3.63, 3.8) is 0 Å². The fourth-order valence-corrected chi connectivity index (χ4v) is 3.21. The van der Waals surface area contributed by atoms with E-state index < -0.39 is 0 Å². The lowest BCUT2D eigenvalue weighted by Crippen LogP contribution is -2.17. The Morgan fingerprint density at radius 3 is 1.93 bits per heavy atom. The zero-order valence-corrected chi connectivity index (χ0v) is 17.7. The van der Waals surface area contributed by atoms with Crippen molar-refractivity contribution in [1.29, 1.82) is 0 Å². The van der Waals surface area contributed by atoms with Crippen LogP contribution in [0.4, 0.5) is 0 Å². The maximum absolute atomic E-state index is 10.3. The molecule has 0 unspecified atom stereocenters. The maximum atomic E-state index is 10.3. The molecule has 142 valence electrons. The molecule has 0 bridgehead atoms. The van der Waals surface area contributed by atoms with Gasteiger partial charge in [0.05, 0.1) is 11.3 Å². The van der Waals surface area contributed by atoms with Crippen LogP contribution in [0, 0.1) is 0 Å². The van der Waals surface area contributed by atoms with E-state index in [2.05, 4.69) is 82.6 Å². The second-order valence-corrected chi connectivity index (χ2v) is 9.34. The molecule has 0 saturated carbocycles. The predicted octanol–water partition coefficient (Wildman–Crippen LogP) is 5.52. The van der Waals surface area contributed by atoms with Gasteiger partial charge in [-0.3, -0.25) is 4.57 Å². The van der Waals surface area contributed by atoms with Gasteiger partial charge in [0.25, 0.3) is 0 Å². The number of hydrogen-bond donors (Lipinski definition) is 2. The molecule has 1 N–H and O–H groups in total. The number of aromatic hydroxyl groups is 1. The molecule has 3 rings (SSSR count). The second-order valence-electron chi connectivity index (χ2n) is 8.94. The van der Waals surface area contributed by atoms with E-state index in [0.29, 0.717) is 16.5 Å². The van der Waals surface area contributed by atoms with Gasteiger partial charge in [0.2, 0.25) is 0 Å². The largest absolute Gasteiger partial charge is 0.507 e. The van der Waals surface area contributed by atoms with E-state index in [-0.39, 0.29) is 16.6 Å². The highest BCUT2D eigenvalue weighted by Crippen LogP contribution is 2.35. The molecule has 1 heterocycles. The molecule has 27 heavy (non-hydrogen) atoms. The quantitative estimate of drug-likeness (QED) is 0.574. The SMILES string of the molecule is CC(C)(C)c1cc(-n2c(S)nnc2-c2ccccc2O)cc(C(C)(C)C)c1. The molecule has 0 atom stereocenters. The first-order chi connectivity index (χ1) is 12.5. The van der Waals surface area contributed by atoms with Crippen LogP contribution in [-0.2, 0) is 10.8 Å². The molecular formula is C22H27N3OS. The van der Waals surface area contributed by atoms with Crippen LogP contribution in [0.1, 0.15) is 52.7 Å². The van der Waals surface area contributed by atoms with Crippen molar-refractivity contribution in [3.05, 3.63) is 53.6 Å².